The summed E-state index contributed by atoms with van der Waals surface area (Å²) in [6.45, 7) is 2.51. The fraction of sp³-hybridized carbons (Fsp3) is 0.727. The zero-order valence-electron chi connectivity index (χ0n) is 9.35. The molecule has 15 heavy (non-hydrogen) atoms. The first-order chi connectivity index (χ1) is 7.24. The lowest BCUT2D eigenvalue weighted by Crippen LogP contribution is -2.62. The van der Waals surface area contributed by atoms with Gasteiger partial charge in [0.1, 0.15) is 0 Å². The van der Waals surface area contributed by atoms with Gasteiger partial charge in [0.05, 0.1) is 12.6 Å². The van der Waals surface area contributed by atoms with Crippen LogP contribution < -0.4 is 0 Å². The van der Waals surface area contributed by atoms with Crippen molar-refractivity contribution in [2.24, 2.45) is 0 Å². The highest BCUT2D eigenvalue weighted by atomic mass is 16.5. The second-order valence-corrected chi connectivity index (χ2v) is 4.25. The number of likely N-dealkylation sites (tertiary alicyclic amines) is 2. The third-order valence-electron chi connectivity index (χ3n) is 3.38. The van der Waals surface area contributed by atoms with Gasteiger partial charge in [-0.2, -0.15) is 0 Å². The number of likely N-dealkylation sites (N-methyl/N-ethyl adjacent to an activating group) is 1. The lowest BCUT2D eigenvalue weighted by molar-refractivity contribution is -0.135. The number of nitrogens with zero attached hydrogens (tertiary/aromatic N) is 2. The summed E-state index contributed by atoms with van der Waals surface area (Å²) in [6, 6.07) is 1.06. The van der Waals surface area contributed by atoms with Gasteiger partial charge in [0, 0.05) is 32.3 Å². The molecule has 0 spiro atoms. The summed E-state index contributed by atoms with van der Waals surface area (Å²) in [5.41, 5.74) is 0. The van der Waals surface area contributed by atoms with E-state index >= 15 is 0 Å². The second kappa shape index (κ2) is 4.33. The number of carbonyl (C=O) groups is 1. The summed E-state index contributed by atoms with van der Waals surface area (Å²) in [6.07, 6.45) is 4.51. The van der Waals surface area contributed by atoms with Crippen molar-refractivity contribution in [3.8, 4) is 0 Å². The van der Waals surface area contributed by atoms with Gasteiger partial charge in [-0.1, -0.05) is 6.08 Å². The Balaban J connectivity index is 1.84. The van der Waals surface area contributed by atoms with E-state index in [0.717, 1.165) is 19.5 Å². The quantitative estimate of drug-likeness (QED) is 0.620. The molecule has 0 aromatic carbocycles. The number of rotatable bonds is 3. The minimum Gasteiger partial charge on any atom is -0.381 e. The maximum Gasteiger partial charge on any atom is 0.246 e. The molecule has 2 aliphatic heterocycles. The predicted molar refractivity (Wildman–Crippen MR) is 57.6 cm³/mol. The molecule has 2 fully saturated rings. The van der Waals surface area contributed by atoms with Crippen molar-refractivity contribution in [3.05, 3.63) is 12.2 Å². The van der Waals surface area contributed by atoms with Crippen LogP contribution >= 0.6 is 0 Å². The molecule has 0 bridgehead atoms. The third kappa shape index (κ3) is 1.92. The Bertz CT molecular complexity index is 278. The number of hydrogen-bond acceptors (Lipinski definition) is 3. The highest BCUT2D eigenvalue weighted by Crippen LogP contribution is 2.31. The van der Waals surface area contributed by atoms with Gasteiger partial charge in [-0.3, -0.25) is 9.69 Å². The van der Waals surface area contributed by atoms with Crippen molar-refractivity contribution in [2.75, 3.05) is 33.9 Å². The number of fused-ring (bicyclic) bond motifs is 1. The van der Waals surface area contributed by atoms with E-state index in [1.807, 2.05) is 4.90 Å². The number of methoxy groups -OCH3 is 1. The minimum absolute atomic E-state index is 0.128. The number of amides is 1. The molecule has 4 nitrogen and oxygen atoms in total. The Morgan fingerprint density at radius 3 is 3.00 bits per heavy atom. The fourth-order valence-electron chi connectivity index (χ4n) is 2.41. The Hall–Kier alpha value is -0.870. The van der Waals surface area contributed by atoms with Crippen LogP contribution in [0.2, 0.25) is 0 Å². The molecule has 2 saturated heterocycles. The van der Waals surface area contributed by atoms with Gasteiger partial charge in [0.2, 0.25) is 5.91 Å². The maximum absolute atomic E-state index is 11.7. The molecular weight excluding hydrogens is 192 g/mol. The largest absolute Gasteiger partial charge is 0.381 e. The normalized spacial score (nSPS) is 30.7. The lowest BCUT2D eigenvalue weighted by Gasteiger charge is -2.45. The summed E-state index contributed by atoms with van der Waals surface area (Å²) in [4.78, 5) is 16.0. The van der Waals surface area contributed by atoms with Crippen LogP contribution in [0, 0.1) is 0 Å². The molecule has 0 aromatic rings. The van der Waals surface area contributed by atoms with Gasteiger partial charge in [-0.05, 0) is 13.5 Å². The van der Waals surface area contributed by atoms with Crippen LogP contribution in [0.15, 0.2) is 12.2 Å². The van der Waals surface area contributed by atoms with Crippen molar-refractivity contribution < 1.29 is 9.53 Å². The van der Waals surface area contributed by atoms with E-state index in [2.05, 4.69) is 11.9 Å². The Labute approximate surface area is 90.5 Å². The molecule has 0 aromatic heterocycles. The molecule has 2 unspecified atom stereocenters. The van der Waals surface area contributed by atoms with E-state index in [4.69, 9.17) is 4.74 Å². The van der Waals surface area contributed by atoms with Crippen LogP contribution in [0.3, 0.4) is 0 Å². The van der Waals surface area contributed by atoms with Gasteiger partial charge in [-0.25, -0.2) is 0 Å². The summed E-state index contributed by atoms with van der Waals surface area (Å²) in [5, 5.41) is 0. The smallest absolute Gasteiger partial charge is 0.246 e. The Kier molecular flexibility index (Phi) is 3.07. The van der Waals surface area contributed by atoms with E-state index in [0.29, 0.717) is 18.7 Å². The molecule has 2 aliphatic rings. The van der Waals surface area contributed by atoms with E-state index in [1.165, 1.54) is 0 Å². The molecule has 4 heteroatoms. The van der Waals surface area contributed by atoms with Crippen LogP contribution in [0.1, 0.15) is 6.42 Å². The van der Waals surface area contributed by atoms with Crippen LogP contribution in [-0.2, 0) is 9.53 Å². The second-order valence-electron chi connectivity index (χ2n) is 4.25. The molecular formula is C11H18N2O2. The standard InChI is InChI=1S/C11H18N2O2/c1-12-6-5-9-10(12)8-13(9)11(14)4-3-7-15-2/h3-4,9-10H,5-8H2,1-2H3/b4-3+. The maximum atomic E-state index is 11.7. The summed E-state index contributed by atoms with van der Waals surface area (Å²) in [5.74, 6) is 0.128. The summed E-state index contributed by atoms with van der Waals surface area (Å²) >= 11 is 0. The molecule has 0 N–H and O–H groups in total. The van der Waals surface area contributed by atoms with Gasteiger partial charge in [0.25, 0.3) is 0 Å². The molecule has 1 amide bonds. The first-order valence-electron chi connectivity index (χ1n) is 5.40. The zero-order valence-corrected chi connectivity index (χ0v) is 9.35. The highest BCUT2D eigenvalue weighted by molar-refractivity contribution is 5.88. The molecule has 2 atom stereocenters. The average Bonchev–Trinajstić information content (AvgIpc) is 2.42. The monoisotopic (exact) mass is 210 g/mol. The zero-order chi connectivity index (χ0) is 10.8. The Morgan fingerprint density at radius 1 is 1.53 bits per heavy atom. The van der Waals surface area contributed by atoms with E-state index in [9.17, 15) is 4.79 Å². The van der Waals surface area contributed by atoms with Crippen molar-refractivity contribution in [2.45, 2.75) is 18.5 Å². The molecule has 0 aliphatic carbocycles. The SMILES string of the molecule is COC/C=C/C(=O)N1CC2C1CCN2C. The molecule has 84 valence electrons. The molecule has 2 rings (SSSR count). The van der Waals surface area contributed by atoms with Gasteiger partial charge in [0.15, 0.2) is 0 Å². The summed E-state index contributed by atoms with van der Waals surface area (Å²) in [7, 11) is 3.76. The average molecular weight is 210 g/mol. The van der Waals surface area contributed by atoms with Gasteiger partial charge < -0.3 is 9.64 Å². The van der Waals surface area contributed by atoms with Crippen LogP contribution in [0.25, 0.3) is 0 Å². The van der Waals surface area contributed by atoms with Crippen molar-refractivity contribution >= 4 is 5.91 Å². The highest BCUT2D eigenvalue weighted by Gasteiger charge is 2.46. The van der Waals surface area contributed by atoms with Crippen molar-refractivity contribution in [1.29, 1.82) is 0 Å². The topological polar surface area (TPSA) is 32.8 Å². The Morgan fingerprint density at radius 2 is 2.33 bits per heavy atom. The first-order valence-corrected chi connectivity index (χ1v) is 5.40. The molecule has 0 saturated carbocycles. The lowest BCUT2D eigenvalue weighted by atomic mass is 9.97. The number of ether oxygens (including phenoxy) is 1. The van der Waals surface area contributed by atoms with Crippen LogP contribution in [0.4, 0.5) is 0 Å². The predicted octanol–water partition coefficient (Wildman–Crippen LogP) is 0.104. The fourth-order valence-corrected chi connectivity index (χ4v) is 2.41. The van der Waals surface area contributed by atoms with Crippen LogP contribution in [0.5, 0.6) is 0 Å². The third-order valence-corrected chi connectivity index (χ3v) is 3.38. The molecule has 2 heterocycles. The van der Waals surface area contributed by atoms with Gasteiger partial charge >= 0.3 is 0 Å². The van der Waals surface area contributed by atoms with Gasteiger partial charge in [-0.15, -0.1) is 0 Å². The van der Waals surface area contributed by atoms with E-state index < -0.39 is 0 Å². The summed E-state index contributed by atoms with van der Waals surface area (Å²) < 4.78 is 4.86. The van der Waals surface area contributed by atoms with E-state index in [-0.39, 0.29) is 5.91 Å². The molecule has 0 radical (unpaired) electrons. The number of hydrogen-bond donors (Lipinski definition) is 0. The first kappa shape index (κ1) is 10.6. The van der Waals surface area contributed by atoms with E-state index in [1.54, 1.807) is 19.3 Å². The number of carbonyl (C=O) groups excluding carboxylic acids is 1. The van der Waals surface area contributed by atoms with Crippen molar-refractivity contribution in [1.82, 2.24) is 9.80 Å². The van der Waals surface area contributed by atoms with Crippen molar-refractivity contribution in [3.63, 3.8) is 0 Å². The minimum atomic E-state index is 0.128. The van der Waals surface area contributed by atoms with Crippen LogP contribution in [-0.4, -0.2) is 61.6 Å².